The minimum Gasteiger partial charge on any atom is -0.383 e. The van der Waals surface area contributed by atoms with E-state index in [0.717, 1.165) is 44.1 Å². The van der Waals surface area contributed by atoms with E-state index in [9.17, 15) is 9.59 Å². The lowest BCUT2D eigenvalue weighted by Crippen LogP contribution is -2.63. The van der Waals surface area contributed by atoms with Crippen LogP contribution in [0.1, 0.15) is 92.5 Å². The van der Waals surface area contributed by atoms with E-state index in [4.69, 9.17) is 4.74 Å². The molecule has 0 radical (unpaired) electrons. The molecule has 1 aromatic carbocycles. The van der Waals surface area contributed by atoms with Crippen LogP contribution in [0.15, 0.2) is 24.3 Å². The van der Waals surface area contributed by atoms with E-state index in [1.807, 2.05) is 29.2 Å². The second-order valence-corrected chi connectivity index (χ2v) is 9.33. The highest BCUT2D eigenvalue weighted by molar-refractivity contribution is 6.02. The molecule has 1 atom stereocenters. The Morgan fingerprint density at radius 3 is 2.43 bits per heavy atom. The maximum Gasteiger partial charge on any atom is 0.254 e. The topological polar surface area (TPSA) is 58.6 Å². The van der Waals surface area contributed by atoms with Gasteiger partial charge in [-0.05, 0) is 37.3 Å². The van der Waals surface area contributed by atoms with Crippen molar-refractivity contribution >= 4 is 11.8 Å². The van der Waals surface area contributed by atoms with E-state index in [1.165, 1.54) is 32.1 Å². The van der Waals surface area contributed by atoms with E-state index in [1.54, 1.807) is 7.11 Å². The minimum absolute atomic E-state index is 0.0584. The molecule has 1 heterocycles. The van der Waals surface area contributed by atoms with Gasteiger partial charge in [0, 0.05) is 25.3 Å². The van der Waals surface area contributed by atoms with Crippen molar-refractivity contribution in [3.05, 3.63) is 35.4 Å². The fourth-order valence-corrected chi connectivity index (χ4v) is 6.06. The first kappa shape index (κ1) is 21.4. The first-order chi connectivity index (χ1) is 14.7. The fraction of sp³-hybridized carbons (Fsp3) is 0.680. The summed E-state index contributed by atoms with van der Waals surface area (Å²) in [6.45, 7) is 1.03. The third-order valence-electron chi connectivity index (χ3n) is 7.52. The summed E-state index contributed by atoms with van der Waals surface area (Å²) in [5.74, 6) is -0.124. The van der Waals surface area contributed by atoms with Gasteiger partial charge >= 0.3 is 0 Å². The van der Waals surface area contributed by atoms with Crippen molar-refractivity contribution in [3.63, 3.8) is 0 Å². The highest BCUT2D eigenvalue weighted by atomic mass is 16.5. The van der Waals surface area contributed by atoms with Gasteiger partial charge in [0.25, 0.3) is 5.91 Å². The maximum absolute atomic E-state index is 13.9. The van der Waals surface area contributed by atoms with Crippen LogP contribution in [0.4, 0.5) is 0 Å². The Morgan fingerprint density at radius 2 is 1.73 bits per heavy atom. The van der Waals surface area contributed by atoms with Crippen molar-refractivity contribution in [1.29, 1.82) is 0 Å². The molecule has 5 heteroatoms. The number of nitrogens with one attached hydrogen (secondary N) is 1. The maximum atomic E-state index is 13.9. The number of carbonyl (C=O) groups is 2. The molecule has 5 nitrogen and oxygen atoms in total. The Morgan fingerprint density at radius 1 is 1.07 bits per heavy atom. The molecular weight excluding hydrogens is 376 g/mol. The van der Waals surface area contributed by atoms with E-state index in [2.05, 4.69) is 5.32 Å². The number of nitrogens with zero attached hydrogens (tertiary/aromatic N) is 1. The van der Waals surface area contributed by atoms with Gasteiger partial charge in [-0.25, -0.2) is 0 Å². The molecule has 0 bridgehead atoms. The zero-order valence-corrected chi connectivity index (χ0v) is 18.3. The Labute approximate surface area is 180 Å². The summed E-state index contributed by atoms with van der Waals surface area (Å²) in [5.41, 5.74) is 1.17. The quantitative estimate of drug-likeness (QED) is 0.729. The van der Waals surface area contributed by atoms with Crippen molar-refractivity contribution in [1.82, 2.24) is 10.2 Å². The van der Waals surface area contributed by atoms with Crippen molar-refractivity contribution in [2.24, 2.45) is 0 Å². The lowest BCUT2D eigenvalue weighted by Gasteiger charge is -2.54. The van der Waals surface area contributed by atoms with Gasteiger partial charge in [0.15, 0.2) is 0 Å². The molecule has 4 rings (SSSR count). The summed E-state index contributed by atoms with van der Waals surface area (Å²) in [6.07, 6.45) is 12.1. The van der Waals surface area contributed by atoms with Crippen LogP contribution >= 0.6 is 0 Å². The molecule has 1 aromatic rings. The number of amides is 2. The van der Waals surface area contributed by atoms with Gasteiger partial charge in [0.2, 0.25) is 5.91 Å². The molecule has 2 fully saturated rings. The molecular formula is C25H36N2O3. The molecule has 0 saturated heterocycles. The number of methoxy groups -OCH3 is 1. The van der Waals surface area contributed by atoms with Crippen LogP contribution in [-0.4, -0.2) is 48.6 Å². The molecule has 1 N–H and O–H groups in total. The number of ether oxygens (including phenoxy) is 1. The Bertz CT molecular complexity index is 749. The summed E-state index contributed by atoms with van der Waals surface area (Å²) in [5, 5.41) is 3.42. The first-order valence-corrected chi connectivity index (χ1v) is 11.9. The lowest BCUT2D eigenvalue weighted by atomic mass is 9.65. The second-order valence-electron chi connectivity index (χ2n) is 9.33. The van der Waals surface area contributed by atoms with E-state index in [0.29, 0.717) is 18.7 Å². The van der Waals surface area contributed by atoms with Crippen molar-refractivity contribution in [3.8, 4) is 0 Å². The molecule has 2 amide bonds. The average molecular weight is 413 g/mol. The number of hydrogen-bond acceptors (Lipinski definition) is 3. The number of fused-ring (bicyclic) bond motifs is 1. The van der Waals surface area contributed by atoms with Crippen molar-refractivity contribution in [2.75, 3.05) is 20.3 Å². The zero-order chi connectivity index (χ0) is 21.0. The molecule has 0 aromatic heterocycles. The molecule has 2 aliphatic carbocycles. The lowest BCUT2D eigenvalue weighted by molar-refractivity contribution is -0.128. The van der Waals surface area contributed by atoms with Crippen LogP contribution < -0.4 is 5.32 Å². The molecule has 30 heavy (non-hydrogen) atoms. The van der Waals surface area contributed by atoms with Gasteiger partial charge in [-0.15, -0.1) is 0 Å². The summed E-state index contributed by atoms with van der Waals surface area (Å²) < 4.78 is 5.35. The van der Waals surface area contributed by atoms with E-state index in [-0.39, 0.29) is 23.8 Å². The van der Waals surface area contributed by atoms with Gasteiger partial charge in [0.1, 0.15) is 0 Å². The average Bonchev–Trinajstić information content (AvgIpc) is 3.03. The third kappa shape index (κ3) is 4.01. The minimum atomic E-state index is -0.434. The van der Waals surface area contributed by atoms with E-state index >= 15 is 0 Å². The van der Waals surface area contributed by atoms with Crippen LogP contribution in [0.5, 0.6) is 0 Å². The predicted octanol–water partition coefficient (Wildman–Crippen LogP) is 4.41. The van der Waals surface area contributed by atoms with Gasteiger partial charge in [-0.3, -0.25) is 9.59 Å². The smallest absolute Gasteiger partial charge is 0.254 e. The highest BCUT2D eigenvalue weighted by Crippen LogP contribution is 2.49. The third-order valence-corrected chi connectivity index (χ3v) is 7.52. The summed E-state index contributed by atoms with van der Waals surface area (Å²) in [4.78, 5) is 29.4. The Balaban J connectivity index is 1.72. The van der Waals surface area contributed by atoms with Gasteiger partial charge in [-0.2, -0.15) is 0 Å². The number of carbonyl (C=O) groups excluding carboxylic acids is 2. The van der Waals surface area contributed by atoms with Gasteiger partial charge in [-0.1, -0.05) is 63.1 Å². The number of hydrogen-bond donors (Lipinski definition) is 1. The second kappa shape index (κ2) is 9.51. The van der Waals surface area contributed by atoms with Crippen LogP contribution in [0.2, 0.25) is 0 Å². The predicted molar refractivity (Wildman–Crippen MR) is 118 cm³/mol. The molecule has 2 saturated carbocycles. The largest absolute Gasteiger partial charge is 0.383 e. The zero-order valence-electron chi connectivity index (χ0n) is 18.3. The monoisotopic (exact) mass is 412 g/mol. The molecule has 3 aliphatic rings. The fourth-order valence-electron chi connectivity index (χ4n) is 6.06. The van der Waals surface area contributed by atoms with Crippen LogP contribution in [0.25, 0.3) is 0 Å². The SMILES string of the molecule is COCCN1C(=O)c2ccccc2C(C(=O)NC2CCCCCC2)C12CCCCC2. The Hall–Kier alpha value is -1.88. The standard InChI is InChI=1S/C25H36N2O3/c1-30-18-17-27-24(29)21-14-8-7-13-20(21)22(25(27)15-9-4-10-16-25)23(28)26-19-11-5-2-3-6-12-19/h7-8,13-14,19,22H,2-6,9-12,15-18H2,1H3,(H,26,28). The molecule has 164 valence electrons. The Kier molecular flexibility index (Phi) is 6.77. The summed E-state index contributed by atoms with van der Waals surface area (Å²) in [6, 6.07) is 8.04. The number of rotatable bonds is 5. The summed E-state index contributed by atoms with van der Waals surface area (Å²) in [7, 11) is 1.67. The van der Waals surface area contributed by atoms with E-state index < -0.39 is 5.54 Å². The highest BCUT2D eigenvalue weighted by Gasteiger charge is 2.54. The summed E-state index contributed by atoms with van der Waals surface area (Å²) >= 11 is 0. The first-order valence-electron chi connectivity index (χ1n) is 11.9. The molecule has 1 aliphatic heterocycles. The normalized spacial score (nSPS) is 24.4. The number of benzene rings is 1. The molecule has 1 unspecified atom stereocenters. The van der Waals surface area contributed by atoms with Crippen LogP contribution in [-0.2, 0) is 9.53 Å². The van der Waals surface area contributed by atoms with Gasteiger partial charge in [0.05, 0.1) is 18.1 Å². The van der Waals surface area contributed by atoms with Crippen LogP contribution in [0, 0.1) is 0 Å². The van der Waals surface area contributed by atoms with Gasteiger partial charge < -0.3 is 15.0 Å². The van der Waals surface area contributed by atoms with Crippen molar-refractivity contribution < 1.29 is 14.3 Å². The van der Waals surface area contributed by atoms with Crippen LogP contribution in [0.3, 0.4) is 0 Å². The van der Waals surface area contributed by atoms with Crippen molar-refractivity contribution in [2.45, 2.75) is 88.1 Å². The molecule has 1 spiro atoms.